The van der Waals surface area contributed by atoms with Crippen molar-refractivity contribution in [3.05, 3.63) is 110 Å². The van der Waals surface area contributed by atoms with Gasteiger partial charge in [0.1, 0.15) is 11.8 Å². The summed E-state index contributed by atoms with van der Waals surface area (Å²) >= 11 is 0. The highest BCUT2D eigenvalue weighted by molar-refractivity contribution is 5.98. The van der Waals surface area contributed by atoms with Crippen LogP contribution >= 0.6 is 0 Å². The largest absolute Gasteiger partial charge is 0.497 e. The number of methoxy groups -OCH3 is 1. The molecule has 0 aliphatic heterocycles. The third-order valence-corrected chi connectivity index (χ3v) is 6.18. The summed E-state index contributed by atoms with van der Waals surface area (Å²) < 4.78 is 46.9. The number of halogens is 3. The van der Waals surface area contributed by atoms with Gasteiger partial charge in [0.25, 0.3) is 5.69 Å². The van der Waals surface area contributed by atoms with E-state index in [1.807, 2.05) is 0 Å². The maximum absolute atomic E-state index is 13.9. The number of amides is 1. The first kappa shape index (κ1) is 28.1. The van der Waals surface area contributed by atoms with Crippen molar-refractivity contribution in [1.29, 1.82) is 0 Å². The van der Waals surface area contributed by atoms with Crippen LogP contribution < -0.4 is 9.64 Å². The maximum Gasteiger partial charge on any atom is 0.471 e. The van der Waals surface area contributed by atoms with Crippen molar-refractivity contribution in [2.75, 3.05) is 12.0 Å². The molecule has 9 nitrogen and oxygen atoms in total. The fourth-order valence-corrected chi connectivity index (χ4v) is 4.43. The average molecular weight is 531 g/mol. The first-order valence-corrected chi connectivity index (χ1v) is 11.5. The fourth-order valence-electron chi connectivity index (χ4n) is 4.43. The fraction of sp³-hybridized carbons (Fsp3) is 0.269. The summed E-state index contributed by atoms with van der Waals surface area (Å²) in [5.74, 6) is -2.97. The van der Waals surface area contributed by atoms with E-state index in [1.165, 1.54) is 79.9 Å². The van der Waals surface area contributed by atoms with Crippen LogP contribution in [0.5, 0.6) is 5.75 Å². The highest BCUT2D eigenvalue weighted by Gasteiger charge is 2.52. The molecule has 0 spiro atoms. The van der Waals surface area contributed by atoms with E-state index in [2.05, 4.69) is 0 Å². The van der Waals surface area contributed by atoms with E-state index in [9.17, 15) is 38.2 Å². The molecule has 3 rings (SSSR count). The van der Waals surface area contributed by atoms with Gasteiger partial charge in [-0.05, 0) is 41.8 Å². The topological polar surface area (TPSA) is 116 Å². The summed E-state index contributed by atoms with van der Waals surface area (Å²) in [7, 11) is 1.36. The third-order valence-electron chi connectivity index (χ3n) is 6.18. The molecular formula is C26H24F3N3O6. The number of benzene rings is 3. The van der Waals surface area contributed by atoms with Gasteiger partial charge >= 0.3 is 12.1 Å². The minimum Gasteiger partial charge on any atom is -0.497 e. The molecule has 0 saturated heterocycles. The molecular weight excluding hydrogens is 507 g/mol. The molecule has 0 N–H and O–H groups in total. The minimum absolute atomic E-state index is 0.101. The molecule has 0 saturated carbocycles. The molecule has 38 heavy (non-hydrogen) atoms. The molecule has 0 aliphatic rings. The number of rotatable bonds is 10. The standard InChI is InChI=1S/C26H24F3N3O6/c1-3-22(17-9-11-20(12-10-17)31(34)35)24(32(36)37)23(18-7-5-4-6-8-18)30(25(33)26(27,28)29)19-13-15-21(38-2)16-14-19/h4-16,22-24H,3H2,1-2H3/t22-,23-,24+/m1/s1. The molecule has 3 atom stereocenters. The van der Waals surface area contributed by atoms with Crippen LogP contribution in [0.25, 0.3) is 0 Å². The molecule has 0 bridgehead atoms. The summed E-state index contributed by atoms with van der Waals surface area (Å²) in [6, 6.07) is 14.2. The number of alkyl halides is 3. The SMILES string of the molecule is CC[C@H](c1ccc([N+](=O)[O-])cc1)[C@@H]([C@@H](c1ccccc1)N(C(=O)C(F)(F)F)c1ccc(OC)cc1)[N+](=O)[O-]. The van der Waals surface area contributed by atoms with Crippen LogP contribution in [-0.4, -0.2) is 35.1 Å². The lowest BCUT2D eigenvalue weighted by molar-refractivity contribution is -0.531. The van der Waals surface area contributed by atoms with Gasteiger partial charge < -0.3 is 4.74 Å². The Morgan fingerprint density at radius 3 is 1.95 bits per heavy atom. The summed E-state index contributed by atoms with van der Waals surface area (Å²) in [5.41, 5.74) is -0.0294. The number of non-ortho nitro benzene ring substituents is 1. The van der Waals surface area contributed by atoms with Crippen LogP contribution in [0.2, 0.25) is 0 Å². The van der Waals surface area contributed by atoms with Crippen LogP contribution in [0.1, 0.15) is 36.4 Å². The molecule has 200 valence electrons. The third kappa shape index (κ3) is 6.07. The Hall–Kier alpha value is -4.48. The van der Waals surface area contributed by atoms with Crippen molar-refractivity contribution in [3.8, 4) is 5.75 Å². The number of nitro groups is 2. The Bertz CT molecular complexity index is 1270. The number of ether oxygens (including phenoxy) is 1. The molecule has 0 unspecified atom stereocenters. The number of anilines is 1. The van der Waals surface area contributed by atoms with Gasteiger partial charge in [-0.2, -0.15) is 13.2 Å². The molecule has 0 aliphatic carbocycles. The Balaban J connectivity index is 2.27. The van der Waals surface area contributed by atoms with Gasteiger partial charge in [-0.3, -0.25) is 29.9 Å². The Morgan fingerprint density at radius 2 is 1.50 bits per heavy atom. The zero-order valence-electron chi connectivity index (χ0n) is 20.4. The lowest BCUT2D eigenvalue weighted by Crippen LogP contribution is -2.50. The number of hydrogen-bond donors (Lipinski definition) is 0. The van der Waals surface area contributed by atoms with Gasteiger partial charge in [-0.1, -0.05) is 49.4 Å². The van der Waals surface area contributed by atoms with Crippen molar-refractivity contribution >= 4 is 17.3 Å². The van der Waals surface area contributed by atoms with Crippen LogP contribution in [0, 0.1) is 20.2 Å². The molecule has 12 heteroatoms. The predicted octanol–water partition coefficient (Wildman–Crippen LogP) is 6.08. The van der Waals surface area contributed by atoms with Gasteiger partial charge in [0, 0.05) is 22.7 Å². The van der Waals surface area contributed by atoms with Crippen LogP contribution in [0.4, 0.5) is 24.5 Å². The number of nitrogens with zero attached hydrogens (tertiary/aromatic N) is 3. The molecule has 0 heterocycles. The number of carbonyl (C=O) groups is 1. The summed E-state index contributed by atoms with van der Waals surface area (Å²) in [4.78, 5) is 35.7. The second-order valence-electron chi connectivity index (χ2n) is 8.37. The highest BCUT2D eigenvalue weighted by Crippen LogP contribution is 2.41. The smallest absolute Gasteiger partial charge is 0.471 e. The summed E-state index contributed by atoms with van der Waals surface area (Å²) in [6.07, 6.45) is -5.24. The number of nitro benzene ring substituents is 1. The zero-order valence-corrected chi connectivity index (χ0v) is 20.4. The van der Waals surface area contributed by atoms with Gasteiger partial charge in [0.15, 0.2) is 0 Å². The van der Waals surface area contributed by atoms with Gasteiger partial charge in [-0.25, -0.2) is 0 Å². The van der Waals surface area contributed by atoms with Crippen molar-refractivity contribution in [1.82, 2.24) is 0 Å². The van der Waals surface area contributed by atoms with Crippen molar-refractivity contribution in [2.24, 2.45) is 0 Å². The Labute approximate surface area is 215 Å². The Kier molecular flexibility index (Phi) is 8.66. The number of hydrogen-bond acceptors (Lipinski definition) is 6. The molecule has 0 radical (unpaired) electrons. The quantitative estimate of drug-likeness (QED) is 0.231. The van der Waals surface area contributed by atoms with E-state index < -0.39 is 39.9 Å². The second kappa shape index (κ2) is 11.7. The van der Waals surface area contributed by atoms with Crippen LogP contribution in [0.3, 0.4) is 0 Å². The molecule has 3 aromatic rings. The Morgan fingerprint density at radius 1 is 0.921 bits per heavy atom. The average Bonchev–Trinajstić information content (AvgIpc) is 2.90. The molecule has 0 fully saturated rings. The lowest BCUT2D eigenvalue weighted by Gasteiger charge is -2.36. The summed E-state index contributed by atoms with van der Waals surface area (Å²) in [5, 5.41) is 23.7. The molecule has 3 aromatic carbocycles. The molecule has 1 amide bonds. The lowest BCUT2D eigenvalue weighted by atomic mass is 9.82. The monoisotopic (exact) mass is 531 g/mol. The van der Waals surface area contributed by atoms with E-state index in [1.54, 1.807) is 13.0 Å². The normalized spacial score (nSPS) is 13.7. The highest BCUT2D eigenvalue weighted by atomic mass is 19.4. The first-order valence-electron chi connectivity index (χ1n) is 11.5. The van der Waals surface area contributed by atoms with Gasteiger partial charge in [-0.15, -0.1) is 0 Å². The van der Waals surface area contributed by atoms with Crippen molar-refractivity contribution in [3.63, 3.8) is 0 Å². The van der Waals surface area contributed by atoms with E-state index in [4.69, 9.17) is 4.74 Å². The van der Waals surface area contributed by atoms with E-state index >= 15 is 0 Å². The number of carbonyl (C=O) groups excluding carboxylic acids is 1. The van der Waals surface area contributed by atoms with Crippen LogP contribution in [0.15, 0.2) is 78.9 Å². The van der Waals surface area contributed by atoms with E-state index in [-0.39, 0.29) is 23.4 Å². The second-order valence-corrected chi connectivity index (χ2v) is 8.37. The van der Waals surface area contributed by atoms with Crippen molar-refractivity contribution in [2.45, 2.75) is 37.5 Å². The predicted molar refractivity (Wildman–Crippen MR) is 133 cm³/mol. The maximum atomic E-state index is 13.9. The zero-order chi connectivity index (χ0) is 28.0. The van der Waals surface area contributed by atoms with Crippen LogP contribution in [-0.2, 0) is 4.79 Å². The van der Waals surface area contributed by atoms with Gasteiger partial charge in [0.2, 0.25) is 6.04 Å². The van der Waals surface area contributed by atoms with Gasteiger partial charge in [0.05, 0.1) is 18.0 Å². The molecule has 0 aromatic heterocycles. The van der Waals surface area contributed by atoms with Crippen molar-refractivity contribution < 1.29 is 32.5 Å². The summed E-state index contributed by atoms with van der Waals surface area (Å²) in [6.45, 7) is 1.62. The van der Waals surface area contributed by atoms with E-state index in [0.29, 0.717) is 16.2 Å². The van der Waals surface area contributed by atoms with E-state index in [0.717, 1.165) is 0 Å². The minimum atomic E-state index is -5.34. The first-order chi connectivity index (χ1) is 18.0.